The molecule has 4 heteroatoms. The summed E-state index contributed by atoms with van der Waals surface area (Å²) in [5.41, 5.74) is 1.23. The van der Waals surface area contributed by atoms with Gasteiger partial charge in [0, 0.05) is 6.20 Å². The molecule has 0 bridgehead atoms. The van der Waals surface area contributed by atoms with Crippen LogP contribution in [0, 0.1) is 10.8 Å². The molecule has 4 nitrogen and oxygen atoms in total. The van der Waals surface area contributed by atoms with Gasteiger partial charge in [-0.25, -0.2) is 4.79 Å². The van der Waals surface area contributed by atoms with Crippen molar-refractivity contribution in [3.05, 3.63) is 18.0 Å². The van der Waals surface area contributed by atoms with Crippen molar-refractivity contribution in [1.29, 1.82) is 0 Å². The van der Waals surface area contributed by atoms with Crippen LogP contribution < -0.4 is 0 Å². The predicted octanol–water partition coefficient (Wildman–Crippen LogP) is 4.60. The van der Waals surface area contributed by atoms with Crippen molar-refractivity contribution >= 4 is 6.09 Å². The second-order valence-corrected chi connectivity index (χ2v) is 8.57. The molecular formula is C17H28N2O2. The molecule has 118 valence electrons. The highest BCUT2D eigenvalue weighted by molar-refractivity contribution is 5.69. The molecule has 0 saturated heterocycles. The molecule has 1 aliphatic rings. The number of hydrogen-bond donors (Lipinski definition) is 0. The number of ether oxygens (including phenoxy) is 1. The quantitative estimate of drug-likeness (QED) is 0.760. The lowest BCUT2D eigenvalue weighted by Gasteiger charge is -2.34. The molecule has 0 radical (unpaired) electrons. The van der Waals surface area contributed by atoms with E-state index in [1.807, 2.05) is 33.2 Å². The first-order valence-corrected chi connectivity index (χ1v) is 7.69. The van der Waals surface area contributed by atoms with Crippen LogP contribution in [-0.2, 0) is 4.74 Å². The van der Waals surface area contributed by atoms with Gasteiger partial charge >= 0.3 is 6.09 Å². The minimum absolute atomic E-state index is 0.297. The summed E-state index contributed by atoms with van der Waals surface area (Å²) >= 11 is 0. The van der Waals surface area contributed by atoms with Crippen LogP contribution in [0.3, 0.4) is 0 Å². The van der Waals surface area contributed by atoms with E-state index >= 15 is 0 Å². The Morgan fingerprint density at radius 3 is 2.24 bits per heavy atom. The van der Waals surface area contributed by atoms with Crippen molar-refractivity contribution in [2.24, 2.45) is 10.8 Å². The van der Waals surface area contributed by atoms with Crippen molar-refractivity contribution in [3.8, 4) is 0 Å². The lowest BCUT2D eigenvalue weighted by atomic mass is 9.71. The van der Waals surface area contributed by atoms with E-state index in [9.17, 15) is 4.79 Å². The third-order valence-electron chi connectivity index (χ3n) is 5.00. The largest absolute Gasteiger partial charge is 0.442 e. The SMILES string of the molecule is CC(C)(C)OC(=O)n1cc(C2CC(C)(C)C(C)(C)C2)cn1. The summed E-state index contributed by atoms with van der Waals surface area (Å²) in [6.07, 6.45) is 5.48. The average molecular weight is 292 g/mol. The molecule has 1 aromatic heterocycles. The summed E-state index contributed by atoms with van der Waals surface area (Å²) in [5, 5.41) is 4.18. The Balaban J connectivity index is 2.13. The van der Waals surface area contributed by atoms with Crippen LogP contribution in [0.4, 0.5) is 4.79 Å². The molecule has 0 aromatic carbocycles. The molecule has 0 N–H and O–H groups in total. The summed E-state index contributed by atoms with van der Waals surface area (Å²) in [6.45, 7) is 14.9. The Morgan fingerprint density at radius 2 is 1.76 bits per heavy atom. The van der Waals surface area contributed by atoms with Gasteiger partial charge in [-0.15, -0.1) is 0 Å². The van der Waals surface area contributed by atoms with E-state index in [-0.39, 0.29) is 0 Å². The van der Waals surface area contributed by atoms with Gasteiger partial charge in [0.15, 0.2) is 0 Å². The first-order valence-electron chi connectivity index (χ1n) is 7.69. The first-order chi connectivity index (χ1) is 9.41. The fourth-order valence-corrected chi connectivity index (χ4v) is 3.05. The van der Waals surface area contributed by atoms with E-state index in [1.165, 1.54) is 4.68 Å². The van der Waals surface area contributed by atoms with Crippen molar-refractivity contribution in [1.82, 2.24) is 9.78 Å². The number of aromatic nitrogens is 2. The maximum Gasteiger partial charge on any atom is 0.435 e. The van der Waals surface area contributed by atoms with Crippen LogP contribution in [0.5, 0.6) is 0 Å². The normalized spacial score (nSPS) is 21.5. The van der Waals surface area contributed by atoms with E-state index < -0.39 is 11.7 Å². The minimum atomic E-state index is -0.499. The molecule has 21 heavy (non-hydrogen) atoms. The fourth-order valence-electron chi connectivity index (χ4n) is 3.05. The monoisotopic (exact) mass is 292 g/mol. The second kappa shape index (κ2) is 4.85. The summed E-state index contributed by atoms with van der Waals surface area (Å²) in [4.78, 5) is 12.0. The number of carbonyl (C=O) groups is 1. The molecular weight excluding hydrogens is 264 g/mol. The van der Waals surface area contributed by atoms with Crippen LogP contribution in [0.2, 0.25) is 0 Å². The maximum absolute atomic E-state index is 12.0. The van der Waals surface area contributed by atoms with Gasteiger partial charge in [-0.05, 0) is 55.9 Å². The van der Waals surface area contributed by atoms with Gasteiger partial charge in [-0.1, -0.05) is 27.7 Å². The molecule has 1 heterocycles. The number of nitrogens with zero attached hydrogens (tertiary/aromatic N) is 2. The van der Waals surface area contributed by atoms with Crippen LogP contribution in [0.1, 0.15) is 72.8 Å². The highest BCUT2D eigenvalue weighted by Gasteiger charge is 2.46. The van der Waals surface area contributed by atoms with Crippen LogP contribution in [-0.4, -0.2) is 21.5 Å². The standard InChI is InChI=1S/C17H28N2O2/c1-15(2,3)21-14(20)19-11-13(10-18-19)12-8-16(4,5)17(6,7)9-12/h10-12H,8-9H2,1-7H3. The zero-order valence-electron chi connectivity index (χ0n) is 14.4. The van der Waals surface area contributed by atoms with Crippen LogP contribution in [0.15, 0.2) is 12.4 Å². The van der Waals surface area contributed by atoms with Gasteiger partial charge in [0.25, 0.3) is 0 Å². The van der Waals surface area contributed by atoms with E-state index in [2.05, 4.69) is 32.8 Å². The van der Waals surface area contributed by atoms with E-state index in [4.69, 9.17) is 4.74 Å². The van der Waals surface area contributed by atoms with Crippen molar-refractivity contribution in [2.75, 3.05) is 0 Å². The number of rotatable bonds is 1. The molecule has 1 fully saturated rings. The van der Waals surface area contributed by atoms with Gasteiger partial charge in [-0.2, -0.15) is 9.78 Å². The molecule has 0 amide bonds. The van der Waals surface area contributed by atoms with Crippen molar-refractivity contribution < 1.29 is 9.53 Å². The Bertz CT molecular complexity index is 519. The lowest BCUT2D eigenvalue weighted by Crippen LogP contribution is -2.27. The first kappa shape index (κ1) is 16.1. The fraction of sp³-hybridized carbons (Fsp3) is 0.765. The Morgan fingerprint density at radius 1 is 1.24 bits per heavy atom. The minimum Gasteiger partial charge on any atom is -0.442 e. The summed E-state index contributed by atoms with van der Waals surface area (Å²) in [5.74, 6) is 0.464. The molecule has 1 saturated carbocycles. The van der Waals surface area contributed by atoms with Crippen LogP contribution in [0.25, 0.3) is 0 Å². The number of carbonyl (C=O) groups excluding carboxylic acids is 1. The predicted molar refractivity (Wildman–Crippen MR) is 83.4 cm³/mol. The molecule has 2 rings (SSSR count). The van der Waals surface area contributed by atoms with E-state index in [0.717, 1.165) is 18.4 Å². The van der Waals surface area contributed by atoms with Crippen LogP contribution >= 0.6 is 0 Å². The zero-order valence-corrected chi connectivity index (χ0v) is 14.4. The van der Waals surface area contributed by atoms with E-state index in [0.29, 0.717) is 16.7 Å². The molecule has 0 atom stereocenters. The van der Waals surface area contributed by atoms with Crippen molar-refractivity contribution in [3.63, 3.8) is 0 Å². The van der Waals surface area contributed by atoms with Gasteiger partial charge in [0.2, 0.25) is 0 Å². The topological polar surface area (TPSA) is 44.1 Å². The zero-order chi connectivity index (χ0) is 16.1. The third kappa shape index (κ3) is 3.30. The Labute approximate surface area is 127 Å². The smallest absolute Gasteiger partial charge is 0.435 e. The molecule has 0 unspecified atom stereocenters. The third-order valence-corrected chi connectivity index (χ3v) is 5.00. The molecule has 1 aliphatic carbocycles. The molecule has 1 aromatic rings. The number of hydrogen-bond acceptors (Lipinski definition) is 3. The summed E-state index contributed by atoms with van der Waals surface area (Å²) < 4.78 is 6.66. The average Bonchev–Trinajstić information content (AvgIpc) is 2.80. The lowest BCUT2D eigenvalue weighted by molar-refractivity contribution is 0.0514. The second-order valence-electron chi connectivity index (χ2n) is 8.57. The highest BCUT2D eigenvalue weighted by atomic mass is 16.6. The molecule has 0 spiro atoms. The highest BCUT2D eigenvalue weighted by Crippen LogP contribution is 2.57. The van der Waals surface area contributed by atoms with Gasteiger partial charge < -0.3 is 4.74 Å². The van der Waals surface area contributed by atoms with Gasteiger partial charge in [0.1, 0.15) is 5.60 Å². The summed E-state index contributed by atoms with van der Waals surface area (Å²) in [6, 6.07) is 0. The summed E-state index contributed by atoms with van der Waals surface area (Å²) in [7, 11) is 0. The maximum atomic E-state index is 12.0. The van der Waals surface area contributed by atoms with E-state index in [1.54, 1.807) is 0 Å². The van der Waals surface area contributed by atoms with Gasteiger partial charge in [-0.3, -0.25) is 0 Å². The molecule has 0 aliphatic heterocycles. The Kier molecular flexibility index (Phi) is 3.71. The van der Waals surface area contributed by atoms with Crippen molar-refractivity contribution in [2.45, 2.75) is 72.8 Å². The Hall–Kier alpha value is -1.32. The van der Waals surface area contributed by atoms with Gasteiger partial charge in [0.05, 0.1) is 6.20 Å².